The molecule has 27 heavy (non-hydrogen) atoms. The second kappa shape index (κ2) is 7.95. The predicted octanol–water partition coefficient (Wildman–Crippen LogP) is 2.82. The summed E-state index contributed by atoms with van der Waals surface area (Å²) in [5, 5.41) is 11.6. The molecule has 0 saturated carbocycles. The molecule has 3 aromatic rings. The van der Waals surface area contributed by atoms with Crippen molar-refractivity contribution in [2.75, 3.05) is 5.32 Å². The molecule has 1 heterocycles. The van der Waals surface area contributed by atoms with E-state index in [0.29, 0.717) is 10.1 Å². The van der Waals surface area contributed by atoms with Crippen molar-refractivity contribution in [2.45, 2.75) is 24.8 Å². The van der Waals surface area contributed by atoms with E-state index in [1.165, 1.54) is 30.4 Å². The van der Waals surface area contributed by atoms with Crippen LogP contribution in [0.15, 0.2) is 59.5 Å². The zero-order chi connectivity index (χ0) is 19.4. The SMILES string of the molecule is Cc1ccc(-c2nnc(NC(=O)[C@@H](C)NS(=O)(=O)c3ccccc3)s2)cc1. The molecule has 0 aliphatic heterocycles. The Morgan fingerprint density at radius 2 is 1.70 bits per heavy atom. The van der Waals surface area contributed by atoms with Crippen LogP contribution in [-0.4, -0.2) is 30.6 Å². The van der Waals surface area contributed by atoms with Gasteiger partial charge >= 0.3 is 0 Å². The van der Waals surface area contributed by atoms with E-state index >= 15 is 0 Å². The summed E-state index contributed by atoms with van der Waals surface area (Å²) in [5.41, 5.74) is 2.03. The normalized spacial score (nSPS) is 12.5. The number of benzene rings is 2. The first kappa shape index (κ1) is 19.2. The van der Waals surface area contributed by atoms with Crippen LogP contribution in [0.25, 0.3) is 10.6 Å². The molecule has 0 fully saturated rings. The van der Waals surface area contributed by atoms with Crippen LogP contribution >= 0.6 is 11.3 Å². The van der Waals surface area contributed by atoms with Crippen molar-refractivity contribution in [3.63, 3.8) is 0 Å². The Morgan fingerprint density at radius 1 is 1.04 bits per heavy atom. The lowest BCUT2D eigenvalue weighted by Crippen LogP contribution is -2.41. The number of nitrogens with one attached hydrogen (secondary N) is 2. The minimum Gasteiger partial charge on any atom is -0.299 e. The van der Waals surface area contributed by atoms with Crippen LogP contribution in [0.2, 0.25) is 0 Å². The zero-order valence-electron chi connectivity index (χ0n) is 14.7. The standard InChI is InChI=1S/C18H18N4O3S2/c1-12-8-10-14(11-9-12)17-20-21-18(26-17)19-16(23)13(2)22-27(24,25)15-6-4-3-5-7-15/h3-11,13,22H,1-2H3,(H,19,21,23)/t13-/m1/s1. The maximum Gasteiger partial charge on any atom is 0.244 e. The van der Waals surface area contributed by atoms with Gasteiger partial charge in [-0.3, -0.25) is 10.1 Å². The summed E-state index contributed by atoms with van der Waals surface area (Å²) in [6.07, 6.45) is 0. The van der Waals surface area contributed by atoms with E-state index in [1.807, 2.05) is 31.2 Å². The highest BCUT2D eigenvalue weighted by atomic mass is 32.2. The first-order chi connectivity index (χ1) is 12.8. The van der Waals surface area contributed by atoms with Crippen molar-refractivity contribution < 1.29 is 13.2 Å². The maximum absolute atomic E-state index is 12.3. The molecule has 2 aromatic carbocycles. The lowest BCUT2D eigenvalue weighted by molar-refractivity contribution is -0.117. The Bertz CT molecular complexity index is 1030. The largest absolute Gasteiger partial charge is 0.299 e. The molecule has 1 amide bonds. The Kier molecular flexibility index (Phi) is 5.64. The fraction of sp³-hybridized carbons (Fsp3) is 0.167. The summed E-state index contributed by atoms with van der Waals surface area (Å²) >= 11 is 1.22. The molecule has 2 N–H and O–H groups in total. The van der Waals surface area contributed by atoms with Crippen molar-refractivity contribution >= 4 is 32.4 Å². The van der Waals surface area contributed by atoms with Gasteiger partial charge in [0.1, 0.15) is 5.01 Å². The third-order valence-corrected chi connectivity index (χ3v) is 6.18. The van der Waals surface area contributed by atoms with Gasteiger partial charge in [-0.15, -0.1) is 10.2 Å². The fourth-order valence-corrected chi connectivity index (χ4v) is 4.23. The molecule has 140 valence electrons. The predicted molar refractivity (Wildman–Crippen MR) is 105 cm³/mol. The quantitative estimate of drug-likeness (QED) is 0.660. The van der Waals surface area contributed by atoms with Gasteiger partial charge in [0.15, 0.2) is 0 Å². The van der Waals surface area contributed by atoms with Crippen molar-refractivity contribution in [3.8, 4) is 10.6 Å². The van der Waals surface area contributed by atoms with E-state index in [1.54, 1.807) is 18.2 Å². The summed E-state index contributed by atoms with van der Waals surface area (Å²) in [6, 6.07) is 14.7. The smallest absolute Gasteiger partial charge is 0.244 e. The van der Waals surface area contributed by atoms with E-state index in [0.717, 1.165) is 11.1 Å². The number of rotatable bonds is 6. The second-order valence-electron chi connectivity index (χ2n) is 5.92. The minimum atomic E-state index is -3.78. The molecule has 0 radical (unpaired) electrons. The molecule has 3 rings (SSSR count). The maximum atomic E-state index is 12.3. The molecule has 0 unspecified atom stereocenters. The number of nitrogens with zero attached hydrogens (tertiary/aromatic N) is 2. The minimum absolute atomic E-state index is 0.0993. The summed E-state index contributed by atoms with van der Waals surface area (Å²) in [4.78, 5) is 12.4. The first-order valence-electron chi connectivity index (χ1n) is 8.14. The molecule has 7 nitrogen and oxygen atoms in total. The molecule has 0 bridgehead atoms. The topological polar surface area (TPSA) is 101 Å². The third kappa shape index (κ3) is 4.76. The van der Waals surface area contributed by atoms with E-state index in [-0.39, 0.29) is 4.90 Å². The number of carbonyl (C=O) groups excluding carboxylic acids is 1. The average molecular weight is 403 g/mol. The van der Waals surface area contributed by atoms with Gasteiger partial charge < -0.3 is 0 Å². The Hall–Kier alpha value is -2.62. The number of sulfonamides is 1. The molecule has 0 aliphatic rings. The molecular formula is C18H18N4O3S2. The highest BCUT2D eigenvalue weighted by molar-refractivity contribution is 7.89. The molecular weight excluding hydrogens is 384 g/mol. The first-order valence-corrected chi connectivity index (χ1v) is 10.4. The molecule has 1 aromatic heterocycles. The number of aryl methyl sites for hydroxylation is 1. The van der Waals surface area contributed by atoms with Gasteiger partial charge in [-0.1, -0.05) is 59.4 Å². The van der Waals surface area contributed by atoms with Crippen LogP contribution in [-0.2, 0) is 14.8 Å². The number of hydrogen-bond acceptors (Lipinski definition) is 6. The Labute approximate surface area is 161 Å². The van der Waals surface area contributed by atoms with Gasteiger partial charge in [0.2, 0.25) is 21.1 Å². The monoisotopic (exact) mass is 402 g/mol. The number of anilines is 1. The molecule has 0 aliphatic carbocycles. The highest BCUT2D eigenvalue weighted by Crippen LogP contribution is 2.26. The van der Waals surface area contributed by atoms with Gasteiger partial charge in [0, 0.05) is 5.56 Å². The summed E-state index contributed by atoms with van der Waals surface area (Å²) in [5.74, 6) is -0.513. The number of carbonyl (C=O) groups is 1. The van der Waals surface area contributed by atoms with E-state index in [9.17, 15) is 13.2 Å². The Balaban J connectivity index is 1.66. The highest BCUT2D eigenvalue weighted by Gasteiger charge is 2.22. The van der Waals surface area contributed by atoms with E-state index in [2.05, 4.69) is 20.2 Å². The van der Waals surface area contributed by atoms with Crippen molar-refractivity contribution in [1.29, 1.82) is 0 Å². The molecule has 9 heteroatoms. The summed E-state index contributed by atoms with van der Waals surface area (Å²) in [6.45, 7) is 3.46. The van der Waals surface area contributed by atoms with Gasteiger partial charge in [-0.25, -0.2) is 8.42 Å². The third-order valence-electron chi connectivity index (χ3n) is 3.73. The number of hydrogen-bond donors (Lipinski definition) is 2. The van der Waals surface area contributed by atoms with Gasteiger partial charge in [-0.05, 0) is 26.0 Å². The number of amides is 1. The van der Waals surface area contributed by atoms with Crippen LogP contribution < -0.4 is 10.0 Å². The molecule has 0 spiro atoms. The lowest BCUT2D eigenvalue weighted by atomic mass is 10.2. The average Bonchev–Trinajstić information content (AvgIpc) is 3.11. The van der Waals surface area contributed by atoms with Crippen LogP contribution in [0.5, 0.6) is 0 Å². The van der Waals surface area contributed by atoms with Crippen LogP contribution in [0.1, 0.15) is 12.5 Å². The van der Waals surface area contributed by atoms with Crippen molar-refractivity contribution in [3.05, 3.63) is 60.2 Å². The van der Waals surface area contributed by atoms with Crippen molar-refractivity contribution in [1.82, 2.24) is 14.9 Å². The van der Waals surface area contributed by atoms with E-state index < -0.39 is 22.0 Å². The summed E-state index contributed by atoms with van der Waals surface area (Å²) < 4.78 is 27.0. The Morgan fingerprint density at radius 3 is 2.37 bits per heavy atom. The zero-order valence-corrected chi connectivity index (χ0v) is 16.3. The van der Waals surface area contributed by atoms with Crippen LogP contribution in [0, 0.1) is 6.92 Å². The number of aromatic nitrogens is 2. The molecule has 0 saturated heterocycles. The summed E-state index contributed by atoms with van der Waals surface area (Å²) in [7, 11) is -3.78. The van der Waals surface area contributed by atoms with Gasteiger partial charge in [-0.2, -0.15) is 4.72 Å². The second-order valence-corrected chi connectivity index (χ2v) is 8.62. The van der Waals surface area contributed by atoms with E-state index in [4.69, 9.17) is 0 Å². The van der Waals surface area contributed by atoms with Crippen molar-refractivity contribution in [2.24, 2.45) is 0 Å². The fourth-order valence-electron chi connectivity index (χ4n) is 2.25. The lowest BCUT2D eigenvalue weighted by Gasteiger charge is -2.13. The van der Waals surface area contributed by atoms with Gasteiger partial charge in [0.05, 0.1) is 10.9 Å². The van der Waals surface area contributed by atoms with Crippen LogP contribution in [0.3, 0.4) is 0 Å². The van der Waals surface area contributed by atoms with Gasteiger partial charge in [0.25, 0.3) is 0 Å². The van der Waals surface area contributed by atoms with Crippen LogP contribution in [0.4, 0.5) is 5.13 Å². The molecule has 1 atom stereocenters.